The predicted molar refractivity (Wildman–Crippen MR) is 78.5 cm³/mol. The Labute approximate surface area is 121 Å². The normalized spacial score (nSPS) is 23.4. The van der Waals surface area contributed by atoms with E-state index in [1.165, 1.54) is 11.3 Å². The van der Waals surface area contributed by atoms with Crippen LogP contribution in [-0.4, -0.2) is 14.5 Å². The molecule has 102 valence electrons. The maximum atomic E-state index is 12.3. The van der Waals surface area contributed by atoms with Crippen LogP contribution in [0.3, 0.4) is 0 Å². The Kier molecular flexibility index (Phi) is 3.94. The van der Waals surface area contributed by atoms with Gasteiger partial charge in [0.05, 0.1) is 8.68 Å². The van der Waals surface area contributed by atoms with Crippen LogP contribution in [0.1, 0.15) is 38.0 Å². The Balaban J connectivity index is 2.16. The highest BCUT2D eigenvalue weighted by Gasteiger charge is 2.34. The van der Waals surface area contributed by atoms with Crippen molar-refractivity contribution in [3.05, 3.63) is 14.7 Å². The maximum Gasteiger partial charge on any atom is 0.241 e. The van der Waals surface area contributed by atoms with E-state index < -0.39 is 10.0 Å². The summed E-state index contributed by atoms with van der Waals surface area (Å²) in [5.74, 6) is 0. The topological polar surface area (TPSA) is 46.2 Å². The Morgan fingerprint density at radius 1 is 1.50 bits per heavy atom. The molecule has 1 aromatic rings. The van der Waals surface area contributed by atoms with Gasteiger partial charge >= 0.3 is 0 Å². The zero-order valence-corrected chi connectivity index (χ0v) is 14.0. The second-order valence-corrected chi connectivity index (χ2v) is 10.0. The van der Waals surface area contributed by atoms with Crippen molar-refractivity contribution in [2.75, 3.05) is 0 Å². The molecule has 0 saturated heterocycles. The molecule has 2 rings (SSSR count). The number of rotatable bonds is 3. The summed E-state index contributed by atoms with van der Waals surface area (Å²) in [4.78, 5) is 1.23. The van der Waals surface area contributed by atoms with E-state index in [2.05, 4.69) is 34.5 Å². The van der Waals surface area contributed by atoms with Gasteiger partial charge in [0.15, 0.2) is 0 Å². The third-order valence-electron chi connectivity index (χ3n) is 3.42. The summed E-state index contributed by atoms with van der Waals surface area (Å²) in [6.45, 7) is 6.21. The first-order valence-electron chi connectivity index (χ1n) is 5.98. The average Bonchev–Trinajstić information content (AvgIpc) is 2.69. The molecule has 0 aromatic carbocycles. The summed E-state index contributed by atoms with van der Waals surface area (Å²) in [6, 6.07) is 1.76. The lowest BCUT2D eigenvalue weighted by molar-refractivity contribution is 0.372. The molecule has 1 aromatic heterocycles. The first-order valence-corrected chi connectivity index (χ1v) is 9.07. The van der Waals surface area contributed by atoms with Crippen LogP contribution < -0.4 is 4.72 Å². The first kappa shape index (κ1) is 14.5. The first-order chi connectivity index (χ1) is 8.20. The number of hydrogen-bond acceptors (Lipinski definition) is 3. The molecule has 1 aliphatic rings. The van der Waals surface area contributed by atoms with Crippen LogP contribution in [0.2, 0.25) is 0 Å². The van der Waals surface area contributed by atoms with Crippen molar-refractivity contribution < 1.29 is 8.42 Å². The lowest BCUT2D eigenvalue weighted by Gasteiger charge is -2.17. The molecule has 1 fully saturated rings. The summed E-state index contributed by atoms with van der Waals surface area (Å²) >= 11 is 4.78. The lowest BCUT2D eigenvalue weighted by Crippen LogP contribution is -2.33. The zero-order valence-electron chi connectivity index (χ0n) is 10.8. The van der Waals surface area contributed by atoms with Gasteiger partial charge in [-0.1, -0.05) is 13.8 Å². The highest BCUT2D eigenvalue weighted by molar-refractivity contribution is 9.11. The van der Waals surface area contributed by atoms with E-state index in [1.807, 2.05) is 6.92 Å². The minimum Gasteiger partial charge on any atom is -0.208 e. The Hall–Kier alpha value is 0.0900. The fourth-order valence-corrected chi connectivity index (χ4v) is 6.20. The van der Waals surface area contributed by atoms with Gasteiger partial charge in [-0.05, 0) is 53.6 Å². The van der Waals surface area contributed by atoms with Crippen LogP contribution in [0.4, 0.5) is 0 Å². The quantitative estimate of drug-likeness (QED) is 0.902. The minimum atomic E-state index is -3.37. The summed E-state index contributed by atoms with van der Waals surface area (Å²) in [5.41, 5.74) is 0.247. The van der Waals surface area contributed by atoms with Gasteiger partial charge in [-0.2, -0.15) is 0 Å². The molecule has 1 unspecified atom stereocenters. The Morgan fingerprint density at radius 3 is 2.61 bits per heavy atom. The molecule has 3 nitrogen and oxygen atoms in total. The van der Waals surface area contributed by atoms with E-state index >= 15 is 0 Å². The van der Waals surface area contributed by atoms with Crippen LogP contribution in [0, 0.1) is 12.3 Å². The van der Waals surface area contributed by atoms with E-state index in [9.17, 15) is 8.42 Å². The van der Waals surface area contributed by atoms with Crippen molar-refractivity contribution >= 4 is 37.3 Å². The zero-order chi connectivity index (χ0) is 13.6. The fraction of sp³-hybridized carbons (Fsp3) is 0.667. The van der Waals surface area contributed by atoms with Crippen molar-refractivity contribution in [3.8, 4) is 0 Å². The van der Waals surface area contributed by atoms with Gasteiger partial charge in [-0.3, -0.25) is 0 Å². The number of halogens is 1. The van der Waals surface area contributed by atoms with E-state index in [-0.39, 0.29) is 11.5 Å². The van der Waals surface area contributed by atoms with Crippen LogP contribution >= 0.6 is 27.3 Å². The van der Waals surface area contributed by atoms with Gasteiger partial charge in [-0.15, -0.1) is 11.3 Å². The molecule has 0 bridgehead atoms. The SMILES string of the molecule is Cc1sc(Br)cc1S(=O)(=O)NC1CCC(C)(C)C1. The van der Waals surface area contributed by atoms with Crippen molar-refractivity contribution in [1.82, 2.24) is 4.72 Å². The average molecular weight is 352 g/mol. The number of nitrogens with one attached hydrogen (secondary N) is 1. The van der Waals surface area contributed by atoms with E-state index in [0.717, 1.165) is 27.9 Å². The van der Waals surface area contributed by atoms with Gasteiger partial charge in [0, 0.05) is 10.9 Å². The molecule has 0 aliphatic heterocycles. The van der Waals surface area contributed by atoms with Crippen LogP contribution in [0.15, 0.2) is 14.7 Å². The third kappa shape index (κ3) is 3.15. The van der Waals surface area contributed by atoms with Crippen molar-refractivity contribution in [2.24, 2.45) is 5.41 Å². The molecule has 1 atom stereocenters. The van der Waals surface area contributed by atoms with Crippen molar-refractivity contribution in [2.45, 2.75) is 51.0 Å². The van der Waals surface area contributed by atoms with Crippen LogP contribution in [0.5, 0.6) is 0 Å². The second kappa shape index (κ2) is 4.89. The molecule has 18 heavy (non-hydrogen) atoms. The number of aryl methyl sites for hydroxylation is 1. The van der Waals surface area contributed by atoms with Gasteiger partial charge in [0.1, 0.15) is 0 Å². The maximum absolute atomic E-state index is 12.3. The van der Waals surface area contributed by atoms with E-state index in [1.54, 1.807) is 6.07 Å². The van der Waals surface area contributed by atoms with Gasteiger partial charge < -0.3 is 0 Å². The summed E-state index contributed by atoms with van der Waals surface area (Å²) < 4.78 is 28.3. The summed E-state index contributed by atoms with van der Waals surface area (Å²) in [5, 5.41) is 0. The number of hydrogen-bond donors (Lipinski definition) is 1. The molecule has 0 spiro atoms. The highest BCUT2D eigenvalue weighted by Crippen LogP contribution is 2.38. The molecule has 1 saturated carbocycles. The molecule has 0 radical (unpaired) electrons. The van der Waals surface area contributed by atoms with Crippen molar-refractivity contribution in [3.63, 3.8) is 0 Å². The number of sulfonamides is 1. The monoisotopic (exact) mass is 351 g/mol. The van der Waals surface area contributed by atoms with E-state index in [4.69, 9.17) is 0 Å². The van der Waals surface area contributed by atoms with Gasteiger partial charge in [0.25, 0.3) is 0 Å². The fourth-order valence-electron chi connectivity index (χ4n) is 2.52. The second-order valence-electron chi connectivity index (χ2n) is 5.70. The van der Waals surface area contributed by atoms with E-state index in [0.29, 0.717) is 4.90 Å². The third-order valence-corrected chi connectivity index (χ3v) is 6.75. The van der Waals surface area contributed by atoms with Crippen LogP contribution in [0.25, 0.3) is 0 Å². The van der Waals surface area contributed by atoms with Crippen LogP contribution in [-0.2, 0) is 10.0 Å². The lowest BCUT2D eigenvalue weighted by atomic mass is 9.92. The standard InChI is InChI=1S/C12H18BrNO2S2/c1-8-10(6-11(13)17-8)18(15,16)14-9-4-5-12(2,3)7-9/h6,9,14H,4-5,7H2,1-3H3. The van der Waals surface area contributed by atoms with Crippen molar-refractivity contribution in [1.29, 1.82) is 0 Å². The largest absolute Gasteiger partial charge is 0.241 e. The highest BCUT2D eigenvalue weighted by atomic mass is 79.9. The molecule has 6 heteroatoms. The molecule has 0 amide bonds. The molecule has 1 heterocycles. The van der Waals surface area contributed by atoms with Gasteiger partial charge in [-0.25, -0.2) is 13.1 Å². The minimum absolute atomic E-state index is 0.0723. The van der Waals surface area contributed by atoms with Gasteiger partial charge in [0.2, 0.25) is 10.0 Å². The Morgan fingerprint density at radius 2 is 2.17 bits per heavy atom. The smallest absolute Gasteiger partial charge is 0.208 e. The summed E-state index contributed by atoms with van der Waals surface area (Å²) in [6.07, 6.45) is 2.92. The summed E-state index contributed by atoms with van der Waals surface area (Å²) in [7, 11) is -3.37. The molecule has 1 aliphatic carbocycles. The predicted octanol–water partition coefficient (Wildman–Crippen LogP) is 3.68. The Bertz CT molecular complexity index is 548. The molecular weight excluding hydrogens is 334 g/mol. The number of thiophene rings is 1. The molecule has 1 N–H and O–H groups in total. The molecular formula is C12H18BrNO2S2.